The van der Waals surface area contributed by atoms with Crippen LogP contribution >= 0.6 is 35.6 Å². The van der Waals surface area contributed by atoms with Crippen LogP contribution in [0.25, 0.3) is 5.57 Å². The number of thiocarbonyl (C=S) groups is 1. The maximum Gasteiger partial charge on any atom is 0.267 e. The third-order valence-corrected chi connectivity index (χ3v) is 7.29. The Balaban J connectivity index is 1.53. The third kappa shape index (κ3) is 3.64. The van der Waals surface area contributed by atoms with Crippen molar-refractivity contribution in [2.45, 2.75) is 13.1 Å². The summed E-state index contributed by atoms with van der Waals surface area (Å²) in [5.41, 5.74) is 3.73. The Hall–Kier alpha value is -2.93. The molecule has 0 unspecified atom stereocenters. The van der Waals surface area contributed by atoms with Gasteiger partial charge < -0.3 is 4.90 Å². The molecule has 4 nitrogen and oxygen atoms in total. The van der Waals surface area contributed by atoms with E-state index < -0.39 is 0 Å². The molecule has 158 valence electrons. The number of carbonyl (C=O) groups excluding carboxylic acids is 2. The second-order valence-electron chi connectivity index (χ2n) is 7.45. The number of halogens is 1. The molecule has 2 heterocycles. The quantitative estimate of drug-likeness (QED) is 0.360. The summed E-state index contributed by atoms with van der Waals surface area (Å²) in [6.07, 6.45) is 0. The largest absolute Gasteiger partial charge is 0.303 e. The smallest absolute Gasteiger partial charge is 0.267 e. The van der Waals surface area contributed by atoms with E-state index in [-0.39, 0.29) is 11.8 Å². The Morgan fingerprint density at radius 2 is 1.47 bits per heavy atom. The van der Waals surface area contributed by atoms with Gasteiger partial charge in [0.2, 0.25) is 0 Å². The van der Waals surface area contributed by atoms with Crippen LogP contribution in [0.5, 0.6) is 0 Å². The Bertz CT molecular complexity index is 1290. The lowest BCUT2D eigenvalue weighted by atomic mass is 10.1. The van der Waals surface area contributed by atoms with E-state index in [4.69, 9.17) is 23.8 Å². The van der Waals surface area contributed by atoms with Gasteiger partial charge in [-0.2, -0.15) is 0 Å². The highest BCUT2D eigenvalue weighted by atomic mass is 35.5. The first-order valence-corrected chi connectivity index (χ1v) is 11.6. The summed E-state index contributed by atoms with van der Waals surface area (Å²) in [6.45, 7) is 0.699. The van der Waals surface area contributed by atoms with Crippen LogP contribution in [0.3, 0.4) is 0 Å². The van der Waals surface area contributed by atoms with Crippen molar-refractivity contribution in [3.8, 4) is 0 Å². The molecular weight excluding hydrogens is 460 g/mol. The Labute approximate surface area is 200 Å². The van der Waals surface area contributed by atoms with Crippen molar-refractivity contribution < 1.29 is 9.59 Å². The number of nitrogens with zero attached hydrogens (tertiary/aromatic N) is 2. The summed E-state index contributed by atoms with van der Waals surface area (Å²) in [7, 11) is 0. The average Bonchev–Trinajstić information content (AvgIpc) is 3.23. The van der Waals surface area contributed by atoms with Gasteiger partial charge in [0.15, 0.2) is 0 Å². The van der Waals surface area contributed by atoms with E-state index >= 15 is 0 Å². The maximum atomic E-state index is 13.6. The standard InChI is InChI=1S/C25H17ClN2O2S2/c26-19-12-6-4-10-17(19)15-27-20-13-7-5-11-18(20)21(23(27)29)22-24(30)28(25(31)32-22)14-16-8-2-1-3-9-16/h1-13H,14-15H2/b22-21-. The number of hydrogen-bond acceptors (Lipinski definition) is 4. The molecule has 0 radical (unpaired) electrons. The fraction of sp³-hybridized carbons (Fsp3) is 0.0800. The van der Waals surface area contributed by atoms with Crippen molar-refractivity contribution in [3.05, 3.63) is 105 Å². The molecule has 7 heteroatoms. The highest BCUT2D eigenvalue weighted by Crippen LogP contribution is 2.45. The summed E-state index contributed by atoms with van der Waals surface area (Å²) >= 11 is 13.0. The zero-order valence-corrected chi connectivity index (χ0v) is 19.2. The summed E-state index contributed by atoms with van der Waals surface area (Å²) in [4.78, 5) is 30.5. The normalized spacial score (nSPS) is 18.0. The SMILES string of the molecule is O=C1/C(=C2/C(=O)N(Cc3ccccc3Cl)c3ccccc32)SC(=S)N1Cc1ccccc1. The molecule has 1 saturated heterocycles. The van der Waals surface area contributed by atoms with E-state index in [1.54, 1.807) is 15.9 Å². The summed E-state index contributed by atoms with van der Waals surface area (Å²) in [5.74, 6) is -0.451. The van der Waals surface area contributed by atoms with Crippen LogP contribution in [0.2, 0.25) is 5.02 Å². The molecule has 0 aliphatic carbocycles. The molecule has 1 fully saturated rings. The predicted molar refractivity (Wildman–Crippen MR) is 133 cm³/mol. The number of amides is 2. The molecule has 2 amide bonds. The molecule has 0 N–H and O–H groups in total. The Morgan fingerprint density at radius 1 is 0.781 bits per heavy atom. The van der Waals surface area contributed by atoms with Gasteiger partial charge in [0, 0.05) is 10.6 Å². The van der Waals surface area contributed by atoms with Crippen LogP contribution in [0.1, 0.15) is 16.7 Å². The van der Waals surface area contributed by atoms with Crippen molar-refractivity contribution in [2.24, 2.45) is 0 Å². The van der Waals surface area contributed by atoms with Crippen molar-refractivity contribution in [1.82, 2.24) is 4.90 Å². The van der Waals surface area contributed by atoms with Gasteiger partial charge in [-0.05, 0) is 23.3 Å². The number of thioether (sulfide) groups is 1. The van der Waals surface area contributed by atoms with Crippen molar-refractivity contribution in [1.29, 1.82) is 0 Å². The topological polar surface area (TPSA) is 40.6 Å². The zero-order chi connectivity index (χ0) is 22.2. The van der Waals surface area contributed by atoms with Gasteiger partial charge >= 0.3 is 0 Å². The molecule has 0 aromatic heterocycles. The molecule has 0 bridgehead atoms. The maximum absolute atomic E-state index is 13.6. The van der Waals surface area contributed by atoms with E-state index in [9.17, 15) is 9.59 Å². The predicted octanol–water partition coefficient (Wildman–Crippen LogP) is 5.66. The van der Waals surface area contributed by atoms with E-state index in [0.29, 0.717) is 32.9 Å². The van der Waals surface area contributed by atoms with Crippen LogP contribution in [-0.2, 0) is 22.7 Å². The fourth-order valence-corrected chi connectivity index (χ4v) is 5.43. The second kappa shape index (κ2) is 8.54. The molecule has 3 aromatic rings. The minimum Gasteiger partial charge on any atom is -0.303 e. The average molecular weight is 477 g/mol. The van der Waals surface area contributed by atoms with Gasteiger partial charge in [0.25, 0.3) is 11.8 Å². The van der Waals surface area contributed by atoms with Crippen LogP contribution < -0.4 is 4.90 Å². The Morgan fingerprint density at radius 3 is 2.25 bits per heavy atom. The Kier molecular flexibility index (Phi) is 5.59. The highest BCUT2D eigenvalue weighted by Gasteiger charge is 2.42. The zero-order valence-electron chi connectivity index (χ0n) is 16.8. The lowest BCUT2D eigenvalue weighted by Crippen LogP contribution is -2.29. The molecule has 0 atom stereocenters. The number of anilines is 1. The minimum absolute atomic E-state index is 0.216. The minimum atomic E-state index is -0.235. The summed E-state index contributed by atoms with van der Waals surface area (Å²) < 4.78 is 0.455. The van der Waals surface area contributed by atoms with Crippen LogP contribution in [0.4, 0.5) is 5.69 Å². The summed E-state index contributed by atoms with van der Waals surface area (Å²) in [5, 5.41) is 0.598. The van der Waals surface area contributed by atoms with Crippen LogP contribution in [0.15, 0.2) is 83.8 Å². The highest BCUT2D eigenvalue weighted by molar-refractivity contribution is 8.26. The fourth-order valence-electron chi connectivity index (χ4n) is 3.91. The first-order valence-electron chi connectivity index (χ1n) is 10.0. The molecular formula is C25H17ClN2O2S2. The first kappa shape index (κ1) is 20.9. The molecule has 5 rings (SSSR count). The van der Waals surface area contributed by atoms with E-state index in [0.717, 1.165) is 22.4 Å². The van der Waals surface area contributed by atoms with Gasteiger partial charge in [-0.1, -0.05) is 102 Å². The van der Waals surface area contributed by atoms with Gasteiger partial charge in [-0.3, -0.25) is 14.5 Å². The van der Waals surface area contributed by atoms with Crippen LogP contribution in [-0.4, -0.2) is 21.0 Å². The van der Waals surface area contributed by atoms with Crippen molar-refractivity contribution >= 4 is 63.0 Å². The van der Waals surface area contributed by atoms with Gasteiger partial charge in [0.05, 0.1) is 29.3 Å². The van der Waals surface area contributed by atoms with E-state index in [2.05, 4.69) is 0 Å². The molecule has 3 aromatic carbocycles. The van der Waals surface area contributed by atoms with E-state index in [1.807, 2.05) is 72.8 Å². The number of carbonyl (C=O) groups is 2. The molecule has 2 aliphatic rings. The molecule has 2 aliphatic heterocycles. The van der Waals surface area contributed by atoms with Crippen LogP contribution in [0, 0.1) is 0 Å². The molecule has 32 heavy (non-hydrogen) atoms. The summed E-state index contributed by atoms with van der Waals surface area (Å²) in [6, 6.07) is 24.7. The number of para-hydroxylation sites is 1. The first-order chi connectivity index (χ1) is 15.5. The van der Waals surface area contributed by atoms with Crippen molar-refractivity contribution in [2.75, 3.05) is 4.90 Å². The monoisotopic (exact) mass is 476 g/mol. The molecule has 0 spiro atoms. The number of rotatable bonds is 4. The number of benzene rings is 3. The lowest BCUT2D eigenvalue weighted by Gasteiger charge is -2.18. The van der Waals surface area contributed by atoms with E-state index in [1.165, 1.54) is 11.8 Å². The van der Waals surface area contributed by atoms with Gasteiger partial charge in [-0.15, -0.1) is 0 Å². The van der Waals surface area contributed by atoms with Crippen molar-refractivity contribution in [3.63, 3.8) is 0 Å². The lowest BCUT2D eigenvalue weighted by molar-refractivity contribution is -0.122. The van der Waals surface area contributed by atoms with Gasteiger partial charge in [-0.25, -0.2) is 0 Å². The number of fused-ring (bicyclic) bond motifs is 1. The third-order valence-electron chi connectivity index (χ3n) is 5.47. The number of hydrogen-bond donors (Lipinski definition) is 0. The molecule has 0 saturated carbocycles. The van der Waals surface area contributed by atoms with Gasteiger partial charge in [0.1, 0.15) is 4.32 Å². The second-order valence-corrected chi connectivity index (χ2v) is 9.50.